The fourth-order valence-electron chi connectivity index (χ4n) is 2.33. The maximum atomic E-state index is 12.9. The van der Waals surface area contributed by atoms with E-state index >= 15 is 0 Å². The van der Waals surface area contributed by atoms with Crippen LogP contribution in [0, 0.1) is 5.92 Å². The number of rotatable bonds is 6. The molecule has 0 aliphatic heterocycles. The van der Waals surface area contributed by atoms with E-state index in [0.717, 1.165) is 14.2 Å². The largest absolute Gasteiger partial charge is 0.469 e. The van der Waals surface area contributed by atoms with E-state index in [-0.39, 0.29) is 24.6 Å². The Kier molecular flexibility index (Phi) is 7.64. The van der Waals surface area contributed by atoms with Crippen LogP contribution in [-0.2, 0) is 31.4 Å². The monoisotopic (exact) mass is 429 g/mol. The first-order chi connectivity index (χ1) is 13.2. The van der Waals surface area contributed by atoms with Gasteiger partial charge in [0.15, 0.2) is 0 Å². The number of amides is 1. The van der Waals surface area contributed by atoms with Crippen LogP contribution in [0.5, 0.6) is 0 Å². The van der Waals surface area contributed by atoms with Gasteiger partial charge in [-0.05, 0) is 24.6 Å². The molecule has 1 aromatic rings. The number of methoxy groups -OCH3 is 2. The molecule has 0 aliphatic carbocycles. The van der Waals surface area contributed by atoms with Gasteiger partial charge in [-0.25, -0.2) is 4.79 Å². The highest BCUT2D eigenvalue weighted by Gasteiger charge is 2.38. The minimum atomic E-state index is -5.14. The highest BCUT2D eigenvalue weighted by Crippen LogP contribution is 2.36. The maximum Gasteiger partial charge on any atom is 0.416 e. The van der Waals surface area contributed by atoms with Crippen LogP contribution >= 0.6 is 0 Å². The van der Waals surface area contributed by atoms with Crippen LogP contribution in [0.25, 0.3) is 0 Å². The van der Waals surface area contributed by atoms with E-state index in [9.17, 15) is 40.7 Å². The zero-order chi connectivity index (χ0) is 22.6. The Morgan fingerprint density at radius 1 is 0.897 bits per heavy atom. The van der Waals surface area contributed by atoms with Crippen molar-refractivity contribution < 1.29 is 50.2 Å². The second-order valence-electron chi connectivity index (χ2n) is 6.00. The first-order valence-electron chi connectivity index (χ1n) is 7.96. The summed E-state index contributed by atoms with van der Waals surface area (Å²) >= 11 is 0. The molecule has 0 unspecified atom stereocenters. The molecule has 0 fully saturated rings. The number of nitrogens with one attached hydrogen (secondary N) is 1. The average molecular weight is 429 g/mol. The fourth-order valence-corrected chi connectivity index (χ4v) is 2.33. The number of alkyl halides is 6. The molecule has 0 spiro atoms. The van der Waals surface area contributed by atoms with Crippen LogP contribution in [0.4, 0.5) is 26.3 Å². The number of benzene rings is 1. The highest BCUT2D eigenvalue weighted by atomic mass is 19.4. The highest BCUT2D eigenvalue weighted by molar-refractivity contribution is 5.97. The van der Waals surface area contributed by atoms with Gasteiger partial charge in [-0.2, -0.15) is 26.3 Å². The number of hydrogen-bond acceptors (Lipinski definition) is 5. The molecule has 1 rings (SSSR count). The van der Waals surface area contributed by atoms with E-state index in [0.29, 0.717) is 0 Å². The van der Waals surface area contributed by atoms with Crippen LogP contribution in [0.15, 0.2) is 18.2 Å². The summed E-state index contributed by atoms with van der Waals surface area (Å²) in [5, 5.41) is 2.00. The van der Waals surface area contributed by atoms with Gasteiger partial charge in [-0.3, -0.25) is 9.59 Å². The summed E-state index contributed by atoms with van der Waals surface area (Å²) in [6.07, 6.45) is -10.6. The number of esters is 2. The summed E-state index contributed by atoms with van der Waals surface area (Å²) in [5.74, 6) is -4.09. The lowest BCUT2D eigenvalue weighted by Gasteiger charge is -2.20. The van der Waals surface area contributed by atoms with Gasteiger partial charge in [0.25, 0.3) is 5.91 Å². The molecule has 0 heterocycles. The van der Waals surface area contributed by atoms with E-state index in [1.54, 1.807) is 0 Å². The Morgan fingerprint density at radius 2 is 1.34 bits per heavy atom. The third-order valence-electron chi connectivity index (χ3n) is 3.83. The SMILES string of the molecule is COC(=O)[C@H](C)C[C@@H](NC(=O)c1cc(C(F)(F)F)cc(C(F)(F)F)c1)C(=O)OC. The van der Waals surface area contributed by atoms with Crippen LogP contribution in [-0.4, -0.2) is 38.1 Å². The van der Waals surface area contributed by atoms with Gasteiger partial charge in [0.1, 0.15) is 6.04 Å². The van der Waals surface area contributed by atoms with Crippen molar-refractivity contribution in [2.24, 2.45) is 5.92 Å². The molecule has 0 bridgehead atoms. The van der Waals surface area contributed by atoms with Gasteiger partial charge in [-0.15, -0.1) is 0 Å². The lowest BCUT2D eigenvalue weighted by atomic mass is 10.0. The number of hydrogen-bond donors (Lipinski definition) is 1. The van der Waals surface area contributed by atoms with Crippen molar-refractivity contribution in [3.63, 3.8) is 0 Å². The smallest absolute Gasteiger partial charge is 0.416 e. The summed E-state index contributed by atoms with van der Waals surface area (Å²) in [5.41, 5.74) is -4.34. The molecular formula is C17H17F6NO5. The third-order valence-corrected chi connectivity index (χ3v) is 3.83. The minimum Gasteiger partial charge on any atom is -0.469 e. The summed E-state index contributed by atoms with van der Waals surface area (Å²) in [7, 11) is 2.03. The second kappa shape index (κ2) is 9.14. The van der Waals surface area contributed by atoms with Crippen LogP contribution in [0.3, 0.4) is 0 Å². The summed E-state index contributed by atoms with van der Waals surface area (Å²) in [4.78, 5) is 35.6. The summed E-state index contributed by atoms with van der Waals surface area (Å²) in [6.45, 7) is 1.35. The normalized spacial score (nSPS) is 14.0. The van der Waals surface area contributed by atoms with E-state index in [1.807, 2.05) is 5.32 Å². The number of carbonyl (C=O) groups is 3. The lowest BCUT2D eigenvalue weighted by Crippen LogP contribution is -2.43. The standard InChI is InChI=1S/C17H17F6NO5/c1-8(14(26)28-2)4-12(15(27)29-3)24-13(25)9-5-10(16(18,19)20)7-11(6-9)17(21,22)23/h5-8,12H,4H2,1-3H3,(H,24,25)/t8-,12-/m1/s1. The van der Waals surface area contributed by atoms with Gasteiger partial charge < -0.3 is 14.8 Å². The molecule has 1 amide bonds. The molecule has 29 heavy (non-hydrogen) atoms. The average Bonchev–Trinajstić information content (AvgIpc) is 2.63. The quantitative estimate of drug-likeness (QED) is 0.555. The van der Waals surface area contributed by atoms with Crippen LogP contribution in [0.1, 0.15) is 34.8 Å². The van der Waals surface area contributed by atoms with Crippen LogP contribution in [0.2, 0.25) is 0 Å². The second-order valence-corrected chi connectivity index (χ2v) is 6.00. The van der Waals surface area contributed by atoms with Crippen molar-refractivity contribution in [1.29, 1.82) is 0 Å². The lowest BCUT2D eigenvalue weighted by molar-refractivity contribution is -0.148. The van der Waals surface area contributed by atoms with E-state index in [4.69, 9.17) is 0 Å². The van der Waals surface area contributed by atoms with Crippen molar-refractivity contribution in [2.45, 2.75) is 31.7 Å². The molecular weight excluding hydrogens is 412 g/mol. The first-order valence-corrected chi connectivity index (χ1v) is 7.96. The van der Waals surface area contributed by atoms with Crippen molar-refractivity contribution in [3.8, 4) is 0 Å². The van der Waals surface area contributed by atoms with Crippen molar-refractivity contribution >= 4 is 17.8 Å². The Hall–Kier alpha value is -2.79. The first kappa shape index (κ1) is 24.2. The molecule has 162 valence electrons. The van der Waals surface area contributed by atoms with Crippen LogP contribution < -0.4 is 5.32 Å². The zero-order valence-electron chi connectivity index (χ0n) is 15.4. The van der Waals surface area contributed by atoms with Gasteiger partial charge >= 0.3 is 24.3 Å². The van der Waals surface area contributed by atoms with Crippen molar-refractivity contribution in [3.05, 3.63) is 34.9 Å². The predicted octanol–water partition coefficient (Wildman–Crippen LogP) is 3.19. The Balaban J connectivity index is 3.26. The third kappa shape index (κ3) is 6.64. The van der Waals surface area contributed by atoms with Crippen molar-refractivity contribution in [1.82, 2.24) is 5.32 Å². The number of halogens is 6. The zero-order valence-corrected chi connectivity index (χ0v) is 15.4. The summed E-state index contributed by atoms with van der Waals surface area (Å²) < 4.78 is 86.4. The molecule has 0 aromatic heterocycles. The topological polar surface area (TPSA) is 81.7 Å². The van der Waals surface area contributed by atoms with Gasteiger partial charge in [0, 0.05) is 5.56 Å². The predicted molar refractivity (Wildman–Crippen MR) is 85.5 cm³/mol. The molecule has 1 aromatic carbocycles. The molecule has 0 saturated heterocycles. The molecule has 12 heteroatoms. The molecule has 1 N–H and O–H groups in total. The molecule has 2 atom stereocenters. The number of ether oxygens (including phenoxy) is 2. The van der Waals surface area contributed by atoms with Gasteiger partial charge in [-0.1, -0.05) is 6.92 Å². The Morgan fingerprint density at radius 3 is 1.72 bits per heavy atom. The Labute approximate surface area is 161 Å². The fraction of sp³-hybridized carbons (Fsp3) is 0.471. The van der Waals surface area contributed by atoms with E-state index in [1.165, 1.54) is 6.92 Å². The van der Waals surface area contributed by atoms with E-state index < -0.39 is 58.8 Å². The maximum absolute atomic E-state index is 12.9. The summed E-state index contributed by atoms with van der Waals surface area (Å²) in [6, 6.07) is -1.19. The van der Waals surface area contributed by atoms with Gasteiger partial charge in [0.05, 0.1) is 31.3 Å². The Bertz CT molecular complexity index is 742. The van der Waals surface area contributed by atoms with Crippen molar-refractivity contribution in [2.75, 3.05) is 14.2 Å². The molecule has 6 nitrogen and oxygen atoms in total. The minimum absolute atomic E-state index is 0.131. The molecule has 0 saturated carbocycles. The van der Waals surface area contributed by atoms with E-state index in [2.05, 4.69) is 9.47 Å². The van der Waals surface area contributed by atoms with Gasteiger partial charge in [0.2, 0.25) is 0 Å². The number of carbonyl (C=O) groups excluding carboxylic acids is 3. The molecule has 0 radical (unpaired) electrons. The molecule has 0 aliphatic rings.